The molecule has 0 spiro atoms. The number of nitrogens with zero attached hydrogens (tertiary/aromatic N) is 2. The van der Waals surface area contributed by atoms with Crippen LogP contribution >= 0.6 is 0 Å². The van der Waals surface area contributed by atoms with Gasteiger partial charge in [0.2, 0.25) is 0 Å². The zero-order valence-electron chi connectivity index (χ0n) is 17.8. The van der Waals surface area contributed by atoms with E-state index in [4.69, 9.17) is 4.84 Å². The quantitative estimate of drug-likeness (QED) is 0.647. The third-order valence-electron chi connectivity index (χ3n) is 8.19. The van der Waals surface area contributed by atoms with E-state index < -0.39 is 6.17 Å². The van der Waals surface area contributed by atoms with Crippen molar-refractivity contribution in [1.82, 2.24) is 25.9 Å². The van der Waals surface area contributed by atoms with Gasteiger partial charge in [0.1, 0.15) is 12.4 Å². The Kier molecular flexibility index (Phi) is 6.71. The molecule has 29 heavy (non-hydrogen) atoms. The zero-order valence-corrected chi connectivity index (χ0v) is 17.8. The molecule has 4 saturated heterocycles. The molecular weight excluding hydrogens is 369 g/mol. The summed E-state index contributed by atoms with van der Waals surface area (Å²) in [5.41, 5.74) is 3.34. The van der Waals surface area contributed by atoms with Crippen molar-refractivity contribution >= 4 is 0 Å². The molecule has 166 valence electrons. The Hall–Kier alpha value is -0.310. The Morgan fingerprint density at radius 1 is 0.931 bits per heavy atom. The Labute approximate surface area is 175 Å². The van der Waals surface area contributed by atoms with Gasteiger partial charge in [0.05, 0.1) is 18.4 Å². The molecule has 6 nitrogen and oxygen atoms in total. The number of halogens is 1. The lowest BCUT2D eigenvalue weighted by Crippen LogP contribution is -2.54. The smallest absolute Gasteiger partial charge is 0.146 e. The number of hydrogen-bond acceptors (Lipinski definition) is 6. The van der Waals surface area contributed by atoms with E-state index in [1.165, 1.54) is 51.6 Å². The summed E-state index contributed by atoms with van der Waals surface area (Å²) in [6, 6.07) is 0.373. The summed E-state index contributed by atoms with van der Waals surface area (Å²) in [6.07, 6.45) is 11.7. The van der Waals surface area contributed by atoms with E-state index >= 15 is 0 Å². The molecule has 0 bridgehead atoms. The molecule has 0 radical (unpaired) electrons. The van der Waals surface area contributed by atoms with Crippen LogP contribution in [0.25, 0.3) is 0 Å². The third kappa shape index (κ3) is 4.65. The number of rotatable bonds is 5. The van der Waals surface area contributed by atoms with Crippen molar-refractivity contribution in [3.8, 4) is 0 Å². The van der Waals surface area contributed by atoms with Gasteiger partial charge in [-0.05, 0) is 83.5 Å². The van der Waals surface area contributed by atoms with Crippen LogP contribution in [0.1, 0.15) is 64.2 Å². The second-order valence-corrected chi connectivity index (χ2v) is 10.1. The summed E-state index contributed by atoms with van der Waals surface area (Å²) in [6.45, 7) is 5.56. The van der Waals surface area contributed by atoms with E-state index in [9.17, 15) is 4.39 Å². The second-order valence-electron chi connectivity index (χ2n) is 10.1. The molecule has 5 fully saturated rings. The molecule has 0 aromatic carbocycles. The van der Waals surface area contributed by atoms with Gasteiger partial charge in [-0.25, -0.2) is 4.39 Å². The molecule has 1 saturated carbocycles. The van der Waals surface area contributed by atoms with Gasteiger partial charge in [0, 0.05) is 12.5 Å². The van der Waals surface area contributed by atoms with Gasteiger partial charge in [-0.1, -0.05) is 12.8 Å². The molecule has 0 aromatic rings. The lowest BCUT2D eigenvalue weighted by molar-refractivity contribution is -0.0305. The van der Waals surface area contributed by atoms with Crippen molar-refractivity contribution in [3.05, 3.63) is 0 Å². The third-order valence-corrected chi connectivity index (χ3v) is 8.19. The summed E-state index contributed by atoms with van der Waals surface area (Å²) >= 11 is 0. The maximum atomic E-state index is 14.4. The molecule has 4 heterocycles. The lowest BCUT2D eigenvalue weighted by atomic mass is 9.87. The number of likely N-dealkylation sites (tertiary alicyclic amines) is 2. The standard InChI is InChI=1S/C22H40FN5O/c23-18-7-2-1-6-17(18)15-28-13-5-8-19(28)22-25-21(26-29-22)16-9-10-24-20(14-16)27-11-3-4-12-27/h16-22,24-26H,1-15H2. The van der Waals surface area contributed by atoms with Crippen LogP contribution in [0.15, 0.2) is 0 Å². The molecular formula is C22H40FN5O. The zero-order chi connectivity index (χ0) is 19.6. The Balaban J connectivity index is 1.14. The average Bonchev–Trinajstić information content (AvgIpc) is 3.51. The summed E-state index contributed by atoms with van der Waals surface area (Å²) in [7, 11) is 0. The van der Waals surface area contributed by atoms with Crippen molar-refractivity contribution in [1.29, 1.82) is 0 Å². The summed E-state index contributed by atoms with van der Waals surface area (Å²) in [4.78, 5) is 11.2. The monoisotopic (exact) mass is 409 g/mol. The number of alkyl halides is 1. The lowest BCUT2D eigenvalue weighted by Gasteiger charge is -2.38. The van der Waals surface area contributed by atoms with Gasteiger partial charge in [0.15, 0.2) is 0 Å². The highest BCUT2D eigenvalue weighted by Gasteiger charge is 2.42. The van der Waals surface area contributed by atoms with Crippen LogP contribution < -0.4 is 16.1 Å². The predicted molar refractivity (Wildman–Crippen MR) is 112 cm³/mol. The van der Waals surface area contributed by atoms with Gasteiger partial charge in [0.25, 0.3) is 0 Å². The van der Waals surface area contributed by atoms with Crippen LogP contribution in [-0.4, -0.2) is 73.3 Å². The number of hydrogen-bond donors (Lipinski definition) is 3. The Morgan fingerprint density at radius 2 is 1.79 bits per heavy atom. The van der Waals surface area contributed by atoms with Gasteiger partial charge in [-0.15, -0.1) is 0 Å². The second kappa shape index (κ2) is 9.45. The Bertz CT molecular complexity index is 533. The van der Waals surface area contributed by atoms with E-state index in [0.29, 0.717) is 18.1 Å². The topological polar surface area (TPSA) is 51.8 Å². The fourth-order valence-electron chi connectivity index (χ4n) is 6.46. The van der Waals surface area contributed by atoms with Crippen LogP contribution in [0.2, 0.25) is 0 Å². The largest absolute Gasteiger partial charge is 0.302 e. The predicted octanol–water partition coefficient (Wildman–Crippen LogP) is 2.18. The minimum Gasteiger partial charge on any atom is -0.302 e. The first kappa shape index (κ1) is 20.6. The highest BCUT2D eigenvalue weighted by molar-refractivity contribution is 4.93. The van der Waals surface area contributed by atoms with E-state index in [1.54, 1.807) is 0 Å². The summed E-state index contributed by atoms with van der Waals surface area (Å²) in [5, 5.41) is 7.50. The maximum Gasteiger partial charge on any atom is 0.146 e. The maximum absolute atomic E-state index is 14.4. The van der Waals surface area contributed by atoms with Crippen LogP contribution in [0, 0.1) is 11.8 Å². The number of piperidine rings is 1. The molecule has 1 aliphatic carbocycles. The summed E-state index contributed by atoms with van der Waals surface area (Å²) in [5.74, 6) is 0.815. The Morgan fingerprint density at radius 3 is 2.66 bits per heavy atom. The van der Waals surface area contributed by atoms with Gasteiger partial charge < -0.3 is 5.32 Å². The van der Waals surface area contributed by atoms with E-state index in [0.717, 1.165) is 45.3 Å². The molecule has 5 rings (SSSR count). The fourth-order valence-corrected chi connectivity index (χ4v) is 6.46. The fraction of sp³-hybridized carbons (Fsp3) is 1.00. The molecule has 4 aliphatic heterocycles. The van der Waals surface area contributed by atoms with Crippen molar-refractivity contribution in [2.75, 3.05) is 32.7 Å². The number of hydroxylamine groups is 1. The first-order valence-corrected chi connectivity index (χ1v) is 12.3. The molecule has 0 aromatic heterocycles. The van der Waals surface area contributed by atoms with Crippen molar-refractivity contribution in [2.45, 2.75) is 95.0 Å². The van der Waals surface area contributed by atoms with E-state index in [1.807, 2.05) is 0 Å². The molecule has 7 unspecified atom stereocenters. The molecule has 7 atom stereocenters. The van der Waals surface area contributed by atoms with Gasteiger partial charge >= 0.3 is 0 Å². The van der Waals surface area contributed by atoms with Crippen molar-refractivity contribution in [2.24, 2.45) is 11.8 Å². The summed E-state index contributed by atoms with van der Waals surface area (Å²) < 4.78 is 14.4. The minimum absolute atomic E-state index is 0.0317. The van der Waals surface area contributed by atoms with Crippen LogP contribution in [0.5, 0.6) is 0 Å². The van der Waals surface area contributed by atoms with Crippen LogP contribution in [-0.2, 0) is 4.84 Å². The average molecular weight is 410 g/mol. The molecule has 0 amide bonds. The first-order chi connectivity index (χ1) is 14.3. The number of nitrogens with one attached hydrogen (secondary N) is 3. The molecule has 7 heteroatoms. The normalized spacial score (nSPS) is 45.2. The van der Waals surface area contributed by atoms with E-state index in [2.05, 4.69) is 25.9 Å². The first-order valence-electron chi connectivity index (χ1n) is 12.3. The minimum atomic E-state index is -0.606. The van der Waals surface area contributed by atoms with E-state index in [-0.39, 0.29) is 18.3 Å². The highest BCUT2D eigenvalue weighted by atomic mass is 19.1. The SMILES string of the molecule is FC1CCCCC1CN1CCCC1C1NC(C2CCNC(N3CCCC3)C2)NO1. The highest BCUT2D eigenvalue weighted by Crippen LogP contribution is 2.32. The molecule has 5 aliphatic rings. The van der Waals surface area contributed by atoms with Crippen molar-refractivity contribution < 1.29 is 9.23 Å². The van der Waals surface area contributed by atoms with Crippen LogP contribution in [0.3, 0.4) is 0 Å². The van der Waals surface area contributed by atoms with Gasteiger partial charge in [-0.3, -0.25) is 20.0 Å². The van der Waals surface area contributed by atoms with Crippen molar-refractivity contribution in [3.63, 3.8) is 0 Å². The van der Waals surface area contributed by atoms with Gasteiger partial charge in [-0.2, -0.15) is 5.48 Å². The van der Waals surface area contributed by atoms with Crippen LogP contribution in [0.4, 0.5) is 4.39 Å². The molecule has 3 N–H and O–H groups in total.